The summed E-state index contributed by atoms with van der Waals surface area (Å²) in [6.45, 7) is -0.254. The van der Waals surface area contributed by atoms with Crippen LogP contribution >= 0.6 is 12.6 Å². The Morgan fingerprint density at radius 1 is 1.20 bits per heavy atom. The molecular formula is C8H16O6S. The first-order chi connectivity index (χ1) is 7.11. The highest BCUT2D eigenvalue weighted by Gasteiger charge is 2.44. The van der Waals surface area contributed by atoms with Crippen LogP contribution in [0.2, 0.25) is 0 Å². The van der Waals surface area contributed by atoms with Crippen molar-refractivity contribution in [1.29, 1.82) is 0 Å². The Bertz CT molecular complexity index is 192. The highest BCUT2D eigenvalue weighted by molar-refractivity contribution is 7.80. The molecule has 0 aromatic heterocycles. The molecule has 1 rings (SSSR count). The molecule has 0 radical (unpaired) electrons. The maximum Gasteiger partial charge on any atom is 0.184 e. The van der Waals surface area contributed by atoms with Gasteiger partial charge in [-0.05, 0) is 0 Å². The number of thiol groups is 1. The predicted molar refractivity (Wildman–Crippen MR) is 53.6 cm³/mol. The number of rotatable bonds is 4. The summed E-state index contributed by atoms with van der Waals surface area (Å²) in [4.78, 5) is 0. The number of aliphatic hydroxyl groups is 4. The lowest BCUT2D eigenvalue weighted by molar-refractivity contribution is -0.295. The smallest absolute Gasteiger partial charge is 0.184 e. The van der Waals surface area contributed by atoms with Crippen molar-refractivity contribution >= 4 is 12.6 Å². The summed E-state index contributed by atoms with van der Waals surface area (Å²) in [6.07, 6.45) is -5.93. The van der Waals surface area contributed by atoms with Gasteiger partial charge in [0.05, 0.1) is 13.2 Å². The summed E-state index contributed by atoms with van der Waals surface area (Å²) in [7, 11) is 0. The minimum Gasteiger partial charge on any atom is -0.394 e. The van der Waals surface area contributed by atoms with Crippen molar-refractivity contribution in [1.82, 2.24) is 0 Å². The molecule has 1 aliphatic rings. The van der Waals surface area contributed by atoms with Gasteiger partial charge in [-0.25, -0.2) is 0 Å². The second-order valence-electron chi connectivity index (χ2n) is 3.29. The van der Waals surface area contributed by atoms with E-state index in [0.717, 1.165) is 0 Å². The van der Waals surface area contributed by atoms with E-state index in [9.17, 15) is 15.3 Å². The van der Waals surface area contributed by atoms with Gasteiger partial charge in [-0.2, -0.15) is 12.6 Å². The largest absolute Gasteiger partial charge is 0.394 e. The Balaban J connectivity index is 2.58. The Morgan fingerprint density at radius 3 is 2.40 bits per heavy atom. The third-order valence-electron chi connectivity index (χ3n) is 2.24. The molecule has 1 heterocycles. The van der Waals surface area contributed by atoms with Crippen molar-refractivity contribution in [2.75, 3.05) is 19.0 Å². The molecule has 0 bridgehead atoms. The molecule has 0 saturated carbocycles. The average Bonchev–Trinajstić information content (AvgIpc) is 2.23. The molecule has 6 nitrogen and oxygen atoms in total. The molecule has 5 atom stereocenters. The first-order valence-corrected chi connectivity index (χ1v) is 5.28. The van der Waals surface area contributed by atoms with Crippen molar-refractivity contribution in [3.8, 4) is 0 Å². The molecule has 4 N–H and O–H groups in total. The predicted octanol–water partition coefficient (Wildman–Crippen LogP) is -2.27. The molecule has 0 amide bonds. The van der Waals surface area contributed by atoms with Gasteiger partial charge in [-0.15, -0.1) is 0 Å². The number of hydrogen-bond acceptors (Lipinski definition) is 7. The average molecular weight is 240 g/mol. The first-order valence-electron chi connectivity index (χ1n) is 4.64. The molecule has 0 unspecified atom stereocenters. The molecule has 0 aromatic rings. The van der Waals surface area contributed by atoms with E-state index in [-0.39, 0.29) is 6.61 Å². The van der Waals surface area contributed by atoms with E-state index >= 15 is 0 Å². The van der Waals surface area contributed by atoms with Crippen molar-refractivity contribution in [3.05, 3.63) is 0 Å². The quantitative estimate of drug-likeness (QED) is 0.355. The van der Waals surface area contributed by atoms with Gasteiger partial charge in [-0.3, -0.25) is 0 Å². The zero-order valence-electron chi connectivity index (χ0n) is 8.06. The summed E-state index contributed by atoms with van der Waals surface area (Å²) in [5.74, 6) is 0.426. The van der Waals surface area contributed by atoms with Crippen LogP contribution < -0.4 is 0 Å². The zero-order chi connectivity index (χ0) is 11.4. The molecule has 1 aliphatic heterocycles. The van der Waals surface area contributed by atoms with Crippen LogP contribution in [-0.4, -0.2) is 70.1 Å². The van der Waals surface area contributed by atoms with Crippen LogP contribution in [0.15, 0.2) is 0 Å². The Kier molecular flexibility index (Phi) is 5.27. The molecule has 0 aromatic carbocycles. The summed E-state index contributed by atoms with van der Waals surface area (Å²) < 4.78 is 9.95. The number of aliphatic hydroxyl groups excluding tert-OH is 4. The summed E-state index contributed by atoms with van der Waals surface area (Å²) >= 11 is 3.91. The Morgan fingerprint density at radius 2 is 1.87 bits per heavy atom. The highest BCUT2D eigenvalue weighted by atomic mass is 32.1. The minimum absolute atomic E-state index is 0.224. The van der Waals surface area contributed by atoms with Gasteiger partial charge >= 0.3 is 0 Å². The summed E-state index contributed by atoms with van der Waals surface area (Å²) in [6, 6.07) is 0. The molecular weight excluding hydrogens is 224 g/mol. The van der Waals surface area contributed by atoms with Gasteiger partial charge in [0.25, 0.3) is 0 Å². The Hall–Kier alpha value is 0.110. The molecule has 1 saturated heterocycles. The van der Waals surface area contributed by atoms with Gasteiger partial charge in [0.15, 0.2) is 6.29 Å². The summed E-state index contributed by atoms with van der Waals surface area (Å²) in [5, 5.41) is 37.3. The van der Waals surface area contributed by atoms with Crippen molar-refractivity contribution in [2.45, 2.75) is 30.7 Å². The fourth-order valence-corrected chi connectivity index (χ4v) is 1.55. The van der Waals surface area contributed by atoms with E-state index in [1.165, 1.54) is 0 Å². The second kappa shape index (κ2) is 6.00. The molecule has 15 heavy (non-hydrogen) atoms. The zero-order valence-corrected chi connectivity index (χ0v) is 8.96. The van der Waals surface area contributed by atoms with E-state index < -0.39 is 37.3 Å². The second-order valence-corrected chi connectivity index (χ2v) is 3.74. The van der Waals surface area contributed by atoms with Crippen molar-refractivity contribution in [2.24, 2.45) is 0 Å². The standard InChI is InChI=1S/C8H16O6S/c9-3-4-5(10)6(11)7(8(12)14-4)13-1-2-15/h4-12,15H,1-3H2/t4-,5-,6+,7-,8+/m1/s1. The fraction of sp³-hybridized carbons (Fsp3) is 1.00. The van der Waals surface area contributed by atoms with Gasteiger partial charge < -0.3 is 29.9 Å². The third-order valence-corrected chi connectivity index (χ3v) is 2.43. The van der Waals surface area contributed by atoms with Gasteiger partial charge in [-0.1, -0.05) is 0 Å². The molecule has 7 heteroatoms. The van der Waals surface area contributed by atoms with E-state index in [0.29, 0.717) is 5.75 Å². The SMILES string of the molecule is OC[C@H]1O[C@H](O)[C@H](OCCS)[C@@H](O)[C@@H]1O. The Labute approximate surface area is 92.8 Å². The monoisotopic (exact) mass is 240 g/mol. The maximum atomic E-state index is 9.58. The molecule has 1 fully saturated rings. The van der Waals surface area contributed by atoms with Crippen molar-refractivity contribution < 1.29 is 29.9 Å². The lowest BCUT2D eigenvalue weighted by Gasteiger charge is -2.39. The number of hydrogen-bond donors (Lipinski definition) is 5. The van der Waals surface area contributed by atoms with Crippen LogP contribution in [0.1, 0.15) is 0 Å². The van der Waals surface area contributed by atoms with Crippen LogP contribution in [0, 0.1) is 0 Å². The van der Waals surface area contributed by atoms with Crippen LogP contribution in [0.25, 0.3) is 0 Å². The fourth-order valence-electron chi connectivity index (χ4n) is 1.44. The van der Waals surface area contributed by atoms with Crippen LogP contribution in [0.3, 0.4) is 0 Å². The van der Waals surface area contributed by atoms with Crippen LogP contribution in [0.5, 0.6) is 0 Å². The van der Waals surface area contributed by atoms with Gasteiger partial charge in [0.1, 0.15) is 24.4 Å². The molecule has 90 valence electrons. The third kappa shape index (κ3) is 3.04. The lowest BCUT2D eigenvalue weighted by Crippen LogP contribution is -2.59. The van der Waals surface area contributed by atoms with Gasteiger partial charge in [0.2, 0.25) is 0 Å². The van der Waals surface area contributed by atoms with E-state index in [4.69, 9.17) is 14.6 Å². The first kappa shape index (κ1) is 13.2. The van der Waals surface area contributed by atoms with E-state index in [1.807, 2.05) is 0 Å². The van der Waals surface area contributed by atoms with Crippen molar-refractivity contribution in [3.63, 3.8) is 0 Å². The van der Waals surface area contributed by atoms with Crippen LogP contribution in [0.4, 0.5) is 0 Å². The van der Waals surface area contributed by atoms with Gasteiger partial charge in [0, 0.05) is 5.75 Å². The normalized spacial score (nSPS) is 41.8. The highest BCUT2D eigenvalue weighted by Crippen LogP contribution is 2.21. The number of ether oxygens (including phenoxy) is 2. The summed E-state index contributed by atoms with van der Waals surface area (Å²) in [5.41, 5.74) is 0. The maximum absolute atomic E-state index is 9.58. The van der Waals surface area contributed by atoms with Crippen LogP contribution in [-0.2, 0) is 9.47 Å². The molecule has 0 aliphatic carbocycles. The molecule has 0 spiro atoms. The van der Waals surface area contributed by atoms with E-state index in [1.54, 1.807) is 0 Å². The lowest BCUT2D eigenvalue weighted by atomic mass is 9.99. The van der Waals surface area contributed by atoms with E-state index in [2.05, 4.69) is 12.6 Å². The minimum atomic E-state index is -1.36. The topological polar surface area (TPSA) is 99.4 Å².